The van der Waals surface area contributed by atoms with E-state index in [2.05, 4.69) is 21.6 Å². The minimum absolute atomic E-state index is 0.00332. The molecule has 4 rings (SSSR count). The van der Waals surface area contributed by atoms with Crippen LogP contribution >= 0.6 is 23.1 Å². The summed E-state index contributed by atoms with van der Waals surface area (Å²) in [6.45, 7) is 2.46. The molecule has 6 heteroatoms. The highest BCUT2D eigenvalue weighted by atomic mass is 32.2. The minimum atomic E-state index is -0.264. The van der Waals surface area contributed by atoms with Crippen LogP contribution < -0.4 is 5.32 Å². The number of hydrogen-bond donors (Lipinski definition) is 1. The number of thioether (sulfide) groups is 1. The monoisotopic (exact) mass is 405 g/mol. The lowest BCUT2D eigenvalue weighted by Gasteiger charge is -2.13. The molecule has 0 radical (unpaired) electrons. The van der Waals surface area contributed by atoms with Crippen molar-refractivity contribution < 1.29 is 4.79 Å². The molecule has 0 unspecified atom stereocenters. The van der Waals surface area contributed by atoms with Gasteiger partial charge >= 0.3 is 0 Å². The Balaban J connectivity index is 1.56. The molecule has 1 N–H and O–H groups in total. The average Bonchev–Trinajstić information content (AvgIpc) is 3.26. The predicted molar refractivity (Wildman–Crippen MR) is 116 cm³/mol. The topological polar surface area (TPSA) is 54.9 Å². The number of hydrogen-bond acceptors (Lipinski definition) is 5. The summed E-state index contributed by atoms with van der Waals surface area (Å²) in [7, 11) is 0. The number of carbonyl (C=O) groups is 1. The van der Waals surface area contributed by atoms with Gasteiger partial charge in [0, 0.05) is 21.2 Å². The van der Waals surface area contributed by atoms with Gasteiger partial charge in [-0.25, -0.2) is 0 Å². The van der Waals surface area contributed by atoms with E-state index in [4.69, 9.17) is 0 Å². The van der Waals surface area contributed by atoms with Gasteiger partial charge in [-0.2, -0.15) is 0 Å². The molecule has 1 amide bonds. The first-order valence-corrected chi connectivity index (χ1v) is 10.8. The van der Waals surface area contributed by atoms with E-state index >= 15 is 0 Å². The molecule has 0 fully saturated rings. The number of fused-ring (bicyclic) bond motifs is 1. The largest absolute Gasteiger partial charge is 0.350 e. The second kappa shape index (κ2) is 8.54. The minimum Gasteiger partial charge on any atom is -0.350 e. The number of carbonyl (C=O) groups excluding carboxylic acids is 1. The van der Waals surface area contributed by atoms with Crippen LogP contribution in [-0.4, -0.2) is 21.4 Å². The molecular formula is C22H19N3OS2. The first kappa shape index (κ1) is 18.7. The van der Waals surface area contributed by atoms with Crippen molar-refractivity contribution in [3.8, 4) is 11.3 Å². The molecule has 0 bridgehead atoms. The lowest BCUT2D eigenvalue weighted by molar-refractivity contribution is -0.120. The highest BCUT2D eigenvalue weighted by Gasteiger charge is 2.18. The van der Waals surface area contributed by atoms with Crippen molar-refractivity contribution in [1.29, 1.82) is 0 Å². The number of benzene rings is 2. The first-order valence-electron chi connectivity index (χ1n) is 9.00. The van der Waals surface area contributed by atoms with Gasteiger partial charge in [0.1, 0.15) is 10.7 Å². The van der Waals surface area contributed by atoms with E-state index < -0.39 is 0 Å². The standard InChI is InChI=1S/C22H19N3OS2/c1-15(21(26)23-14-17-10-7-13-27-17)28-22-19-12-6-5-11-18(19)20(24-25-22)16-8-3-2-4-9-16/h2-13,15H,14H2,1H3,(H,23,26)/t15-/m1/s1. The Kier molecular flexibility index (Phi) is 5.69. The third-order valence-corrected chi connectivity index (χ3v) is 6.34. The summed E-state index contributed by atoms with van der Waals surface area (Å²) in [5.41, 5.74) is 1.89. The molecule has 4 nitrogen and oxygen atoms in total. The Morgan fingerprint density at radius 1 is 1.00 bits per heavy atom. The number of nitrogens with one attached hydrogen (secondary N) is 1. The van der Waals surface area contributed by atoms with Gasteiger partial charge in [-0.05, 0) is 18.4 Å². The quantitative estimate of drug-likeness (QED) is 0.451. The molecule has 140 valence electrons. The van der Waals surface area contributed by atoms with Crippen LogP contribution in [-0.2, 0) is 11.3 Å². The molecule has 0 aliphatic rings. The van der Waals surface area contributed by atoms with Gasteiger partial charge in [0.25, 0.3) is 0 Å². The molecule has 2 aromatic carbocycles. The van der Waals surface area contributed by atoms with Crippen LogP contribution in [0.25, 0.3) is 22.0 Å². The highest BCUT2D eigenvalue weighted by Crippen LogP contribution is 2.33. The maximum atomic E-state index is 12.5. The van der Waals surface area contributed by atoms with Crippen LogP contribution in [0.1, 0.15) is 11.8 Å². The second-order valence-electron chi connectivity index (χ2n) is 6.32. The Morgan fingerprint density at radius 3 is 2.50 bits per heavy atom. The van der Waals surface area contributed by atoms with Crippen LogP contribution in [0.4, 0.5) is 0 Å². The number of aromatic nitrogens is 2. The molecule has 0 aliphatic carbocycles. The van der Waals surface area contributed by atoms with E-state index in [1.807, 2.05) is 73.0 Å². The summed E-state index contributed by atoms with van der Waals surface area (Å²) in [6.07, 6.45) is 0. The number of nitrogens with zero attached hydrogens (tertiary/aromatic N) is 2. The van der Waals surface area contributed by atoms with E-state index in [1.165, 1.54) is 11.8 Å². The van der Waals surface area contributed by atoms with Crippen LogP contribution in [0, 0.1) is 0 Å². The van der Waals surface area contributed by atoms with Gasteiger partial charge in [-0.3, -0.25) is 4.79 Å². The zero-order valence-electron chi connectivity index (χ0n) is 15.3. The second-order valence-corrected chi connectivity index (χ2v) is 8.68. The molecule has 4 aromatic rings. The number of rotatable bonds is 6. The van der Waals surface area contributed by atoms with Gasteiger partial charge in [-0.1, -0.05) is 72.4 Å². The molecule has 0 aliphatic heterocycles. The number of thiophene rings is 1. The van der Waals surface area contributed by atoms with Crippen molar-refractivity contribution in [2.24, 2.45) is 0 Å². The van der Waals surface area contributed by atoms with Gasteiger partial charge in [0.15, 0.2) is 0 Å². The smallest absolute Gasteiger partial charge is 0.233 e. The van der Waals surface area contributed by atoms with Crippen LogP contribution in [0.3, 0.4) is 0 Å². The molecule has 28 heavy (non-hydrogen) atoms. The van der Waals surface area contributed by atoms with E-state index in [1.54, 1.807) is 11.3 Å². The van der Waals surface area contributed by atoms with Gasteiger partial charge in [0.2, 0.25) is 5.91 Å². The summed E-state index contributed by atoms with van der Waals surface area (Å²) >= 11 is 3.08. The van der Waals surface area contributed by atoms with Crippen LogP contribution in [0.15, 0.2) is 77.1 Å². The van der Waals surface area contributed by atoms with Gasteiger partial charge in [0.05, 0.1) is 11.8 Å². The summed E-state index contributed by atoms with van der Waals surface area (Å²) in [6, 6.07) is 22.1. The van der Waals surface area contributed by atoms with Crippen molar-refractivity contribution in [3.05, 3.63) is 77.0 Å². The van der Waals surface area contributed by atoms with E-state index in [9.17, 15) is 4.79 Å². The van der Waals surface area contributed by atoms with E-state index in [-0.39, 0.29) is 11.2 Å². The zero-order valence-corrected chi connectivity index (χ0v) is 17.0. The fourth-order valence-electron chi connectivity index (χ4n) is 2.93. The molecular weight excluding hydrogens is 386 g/mol. The predicted octanol–water partition coefficient (Wildman–Crippen LogP) is 5.16. The lowest BCUT2D eigenvalue weighted by Crippen LogP contribution is -2.30. The SMILES string of the molecule is C[C@@H](Sc1nnc(-c2ccccc2)c2ccccc12)C(=O)NCc1cccs1. The summed E-state index contributed by atoms with van der Waals surface area (Å²) in [4.78, 5) is 13.6. The summed E-state index contributed by atoms with van der Waals surface area (Å²) < 4.78 is 0. The Morgan fingerprint density at radius 2 is 1.75 bits per heavy atom. The maximum Gasteiger partial charge on any atom is 0.233 e. The summed E-state index contributed by atoms with van der Waals surface area (Å²) in [5, 5.41) is 16.5. The van der Waals surface area contributed by atoms with Crippen LogP contribution in [0.2, 0.25) is 0 Å². The molecule has 0 saturated carbocycles. The van der Waals surface area contributed by atoms with Crippen LogP contribution in [0.5, 0.6) is 0 Å². The van der Waals surface area contributed by atoms with Gasteiger partial charge < -0.3 is 5.32 Å². The van der Waals surface area contributed by atoms with E-state index in [0.717, 1.165) is 31.9 Å². The normalized spacial score (nSPS) is 12.0. The van der Waals surface area contributed by atoms with Crippen molar-refractivity contribution in [2.75, 3.05) is 0 Å². The van der Waals surface area contributed by atoms with Crippen molar-refractivity contribution in [1.82, 2.24) is 15.5 Å². The summed E-state index contributed by atoms with van der Waals surface area (Å²) in [5.74, 6) is -0.00332. The zero-order chi connectivity index (χ0) is 19.3. The van der Waals surface area contributed by atoms with E-state index in [0.29, 0.717) is 6.54 Å². The Labute approximate surface area is 172 Å². The van der Waals surface area contributed by atoms with Crippen molar-refractivity contribution in [3.63, 3.8) is 0 Å². The third kappa shape index (κ3) is 4.08. The molecule has 2 heterocycles. The fraction of sp³-hybridized carbons (Fsp3) is 0.136. The Bertz CT molecular complexity index is 1080. The molecule has 0 saturated heterocycles. The highest BCUT2D eigenvalue weighted by molar-refractivity contribution is 8.00. The molecule has 1 atom stereocenters. The number of amides is 1. The molecule has 0 spiro atoms. The lowest BCUT2D eigenvalue weighted by atomic mass is 10.1. The third-order valence-electron chi connectivity index (χ3n) is 4.38. The maximum absolute atomic E-state index is 12.5. The molecule has 2 aromatic heterocycles. The average molecular weight is 406 g/mol. The van der Waals surface area contributed by atoms with Gasteiger partial charge in [-0.15, -0.1) is 21.5 Å². The van der Waals surface area contributed by atoms with Crippen molar-refractivity contribution >= 4 is 39.8 Å². The Hall–Kier alpha value is -2.70. The van der Waals surface area contributed by atoms with Crippen molar-refractivity contribution in [2.45, 2.75) is 23.7 Å². The first-order chi connectivity index (χ1) is 13.7. The fourth-order valence-corrected chi connectivity index (χ4v) is 4.49.